The minimum atomic E-state index is -3.45. The molecule has 22 heavy (non-hydrogen) atoms. The highest BCUT2D eigenvalue weighted by Crippen LogP contribution is 2.15. The molecule has 118 valence electrons. The lowest BCUT2D eigenvalue weighted by Crippen LogP contribution is -2.29. The maximum Gasteiger partial charge on any atom is 0.254 e. The number of rotatable bonds is 5. The van der Waals surface area contributed by atoms with Crippen LogP contribution in [0.1, 0.15) is 16.1 Å². The molecular weight excluding hydrogens is 326 g/mol. The van der Waals surface area contributed by atoms with Crippen molar-refractivity contribution in [3.8, 4) is 0 Å². The number of carbonyl (C=O) groups excluding carboxylic acids is 1. The van der Waals surface area contributed by atoms with Crippen molar-refractivity contribution in [1.82, 2.24) is 15.1 Å². The fourth-order valence-electron chi connectivity index (χ4n) is 1.88. The summed E-state index contributed by atoms with van der Waals surface area (Å²) in [5.74, 6) is -0.517. The standard InChI is InChI=1S/C14H16ClN3O3S/c1-10-13(9-17-18(10)2)14(19)16-7-8-22(20,21)12-5-3-11(15)4-6-12/h3-6,9H,7-8H2,1-2H3,(H,16,19). The third-order valence-corrected chi connectivity index (χ3v) is 5.29. The second-order valence-corrected chi connectivity index (χ2v) is 7.34. The summed E-state index contributed by atoms with van der Waals surface area (Å²) < 4.78 is 25.8. The number of hydrogen-bond acceptors (Lipinski definition) is 4. The first-order valence-corrected chi connectivity index (χ1v) is 8.59. The molecule has 0 saturated carbocycles. The van der Waals surface area contributed by atoms with Crippen LogP contribution in [-0.4, -0.2) is 36.4 Å². The van der Waals surface area contributed by atoms with E-state index in [2.05, 4.69) is 10.4 Å². The van der Waals surface area contributed by atoms with Crippen molar-refractivity contribution in [2.45, 2.75) is 11.8 Å². The van der Waals surface area contributed by atoms with Crippen LogP contribution in [0.2, 0.25) is 5.02 Å². The molecule has 1 heterocycles. The number of nitrogens with one attached hydrogen (secondary N) is 1. The highest BCUT2D eigenvalue weighted by Gasteiger charge is 2.16. The lowest BCUT2D eigenvalue weighted by molar-refractivity contribution is 0.0955. The van der Waals surface area contributed by atoms with Gasteiger partial charge in [-0.1, -0.05) is 11.6 Å². The van der Waals surface area contributed by atoms with Crippen LogP contribution in [0.25, 0.3) is 0 Å². The number of sulfone groups is 1. The summed E-state index contributed by atoms with van der Waals surface area (Å²) in [6.45, 7) is 1.80. The molecule has 0 spiro atoms. The SMILES string of the molecule is Cc1c(C(=O)NCCS(=O)(=O)c2ccc(Cl)cc2)cnn1C. The summed E-state index contributed by atoms with van der Waals surface area (Å²) in [5, 5.41) is 7.04. The van der Waals surface area contributed by atoms with Gasteiger partial charge < -0.3 is 5.32 Å². The molecule has 0 aliphatic carbocycles. The predicted octanol–water partition coefficient (Wildman–Crippen LogP) is 1.59. The van der Waals surface area contributed by atoms with Gasteiger partial charge >= 0.3 is 0 Å². The Labute approximate surface area is 134 Å². The summed E-state index contributed by atoms with van der Waals surface area (Å²) in [4.78, 5) is 12.2. The maximum absolute atomic E-state index is 12.1. The number of hydrogen-bond donors (Lipinski definition) is 1. The van der Waals surface area contributed by atoms with Crippen LogP contribution < -0.4 is 5.32 Å². The lowest BCUT2D eigenvalue weighted by Gasteiger charge is -2.06. The van der Waals surface area contributed by atoms with Crippen LogP contribution in [0.4, 0.5) is 0 Å². The second kappa shape index (κ2) is 6.50. The number of benzene rings is 1. The van der Waals surface area contributed by atoms with Crippen LogP contribution in [0.3, 0.4) is 0 Å². The Balaban J connectivity index is 1.97. The van der Waals surface area contributed by atoms with Crippen molar-refractivity contribution in [1.29, 1.82) is 0 Å². The van der Waals surface area contributed by atoms with Crippen molar-refractivity contribution in [3.05, 3.63) is 46.7 Å². The zero-order valence-electron chi connectivity index (χ0n) is 12.2. The zero-order valence-corrected chi connectivity index (χ0v) is 13.8. The molecule has 0 unspecified atom stereocenters. The Morgan fingerprint density at radius 2 is 1.95 bits per heavy atom. The Morgan fingerprint density at radius 1 is 1.32 bits per heavy atom. The molecule has 0 saturated heterocycles. The summed E-state index contributed by atoms with van der Waals surface area (Å²) in [5.41, 5.74) is 1.16. The van der Waals surface area contributed by atoms with Crippen molar-refractivity contribution in [3.63, 3.8) is 0 Å². The molecule has 0 aliphatic heterocycles. The van der Waals surface area contributed by atoms with Gasteiger partial charge in [0.1, 0.15) is 0 Å². The van der Waals surface area contributed by atoms with Crippen LogP contribution in [-0.2, 0) is 16.9 Å². The number of carbonyl (C=O) groups is 1. The largest absolute Gasteiger partial charge is 0.351 e. The number of aryl methyl sites for hydroxylation is 1. The van der Waals surface area contributed by atoms with Crippen LogP contribution >= 0.6 is 11.6 Å². The Kier molecular flexibility index (Phi) is 4.87. The number of amides is 1. The van der Waals surface area contributed by atoms with Crippen LogP contribution in [0.5, 0.6) is 0 Å². The molecule has 0 aliphatic rings. The fourth-order valence-corrected chi connectivity index (χ4v) is 3.16. The van der Waals surface area contributed by atoms with Crippen LogP contribution in [0.15, 0.2) is 35.4 Å². The van der Waals surface area contributed by atoms with E-state index in [1.165, 1.54) is 30.5 Å². The molecule has 1 amide bonds. The summed E-state index contributed by atoms with van der Waals surface area (Å²) >= 11 is 5.73. The summed E-state index contributed by atoms with van der Waals surface area (Å²) in [6, 6.07) is 5.94. The van der Waals surface area contributed by atoms with Crippen molar-refractivity contribution >= 4 is 27.3 Å². The first-order valence-electron chi connectivity index (χ1n) is 6.56. The summed E-state index contributed by atoms with van der Waals surface area (Å²) in [6.07, 6.45) is 1.46. The quantitative estimate of drug-likeness (QED) is 0.895. The molecule has 1 aromatic carbocycles. The first-order chi connectivity index (χ1) is 10.3. The van der Waals surface area contributed by atoms with Crippen molar-refractivity contribution < 1.29 is 13.2 Å². The van der Waals surface area contributed by atoms with Gasteiger partial charge in [-0.2, -0.15) is 5.10 Å². The number of nitrogens with zero attached hydrogens (tertiary/aromatic N) is 2. The molecule has 0 radical (unpaired) electrons. The van der Waals surface area contributed by atoms with Crippen LogP contribution in [0, 0.1) is 6.92 Å². The molecule has 1 N–H and O–H groups in total. The number of halogens is 1. The van der Waals surface area contributed by atoms with E-state index in [9.17, 15) is 13.2 Å². The minimum Gasteiger partial charge on any atom is -0.351 e. The molecular formula is C14H16ClN3O3S. The van der Waals surface area contributed by atoms with E-state index < -0.39 is 9.84 Å². The normalized spacial score (nSPS) is 11.4. The van der Waals surface area contributed by atoms with E-state index in [0.29, 0.717) is 10.6 Å². The van der Waals surface area contributed by atoms with E-state index in [1.54, 1.807) is 18.7 Å². The Morgan fingerprint density at radius 3 is 2.50 bits per heavy atom. The molecule has 0 bridgehead atoms. The highest BCUT2D eigenvalue weighted by atomic mass is 35.5. The van der Waals surface area contributed by atoms with Crippen molar-refractivity contribution in [2.24, 2.45) is 7.05 Å². The van der Waals surface area contributed by atoms with Gasteiger partial charge in [0.05, 0.1) is 22.4 Å². The van der Waals surface area contributed by atoms with Gasteiger partial charge in [-0.05, 0) is 31.2 Å². The van der Waals surface area contributed by atoms with Gasteiger partial charge in [0.15, 0.2) is 9.84 Å². The van der Waals surface area contributed by atoms with Gasteiger partial charge in [0, 0.05) is 24.3 Å². The lowest BCUT2D eigenvalue weighted by atomic mass is 10.2. The topological polar surface area (TPSA) is 81.1 Å². The zero-order chi connectivity index (χ0) is 16.3. The maximum atomic E-state index is 12.1. The van der Waals surface area contributed by atoms with Gasteiger partial charge in [0.2, 0.25) is 0 Å². The third kappa shape index (κ3) is 3.66. The van der Waals surface area contributed by atoms with E-state index in [1.807, 2.05) is 0 Å². The van der Waals surface area contributed by atoms with Gasteiger partial charge in [-0.15, -0.1) is 0 Å². The van der Waals surface area contributed by atoms with Gasteiger partial charge in [-0.3, -0.25) is 9.48 Å². The van der Waals surface area contributed by atoms with E-state index >= 15 is 0 Å². The fraction of sp³-hybridized carbons (Fsp3) is 0.286. The van der Waals surface area contributed by atoms with Gasteiger partial charge in [-0.25, -0.2) is 8.42 Å². The monoisotopic (exact) mass is 341 g/mol. The average Bonchev–Trinajstić information content (AvgIpc) is 2.79. The third-order valence-electron chi connectivity index (χ3n) is 3.31. The molecule has 8 heteroatoms. The molecule has 0 atom stereocenters. The first kappa shape index (κ1) is 16.5. The highest BCUT2D eigenvalue weighted by molar-refractivity contribution is 7.91. The molecule has 6 nitrogen and oxygen atoms in total. The summed E-state index contributed by atoms with van der Waals surface area (Å²) in [7, 11) is -1.72. The molecule has 2 aromatic rings. The molecule has 0 fully saturated rings. The van der Waals surface area contributed by atoms with E-state index in [4.69, 9.17) is 11.6 Å². The van der Waals surface area contributed by atoms with Crippen molar-refractivity contribution in [2.75, 3.05) is 12.3 Å². The Hall–Kier alpha value is -1.86. The van der Waals surface area contributed by atoms with E-state index in [-0.39, 0.29) is 23.1 Å². The molecule has 1 aromatic heterocycles. The van der Waals surface area contributed by atoms with E-state index in [0.717, 1.165) is 5.69 Å². The second-order valence-electron chi connectivity index (χ2n) is 4.80. The van der Waals surface area contributed by atoms with Gasteiger partial charge in [0.25, 0.3) is 5.91 Å². The Bertz CT molecular complexity index is 782. The molecule has 2 rings (SSSR count). The number of aromatic nitrogens is 2. The minimum absolute atomic E-state index is 0.0259. The smallest absolute Gasteiger partial charge is 0.254 e. The predicted molar refractivity (Wildman–Crippen MR) is 83.8 cm³/mol. The average molecular weight is 342 g/mol.